The molecule has 0 bridgehead atoms. The van der Waals surface area contributed by atoms with Gasteiger partial charge in [0.05, 0.1) is 5.57 Å². The largest absolute Gasteiger partial charge is 0.478 e. The molecule has 0 radical (unpaired) electrons. The molecule has 1 rings (SSSR count). The van der Waals surface area contributed by atoms with Crippen molar-refractivity contribution in [2.24, 2.45) is 0 Å². The summed E-state index contributed by atoms with van der Waals surface area (Å²) in [5, 5.41) is 8.70. The first-order valence-electron chi connectivity index (χ1n) is 3.86. The molecule has 0 atom stereocenters. The topological polar surface area (TPSA) is 37.3 Å². The lowest BCUT2D eigenvalue weighted by molar-refractivity contribution is -0.132. The summed E-state index contributed by atoms with van der Waals surface area (Å²) in [6.45, 7) is 3.43. The molecule has 66 valence electrons. The molecule has 0 spiro atoms. The molecule has 0 aromatic heterocycles. The fraction of sp³-hybridized carbons (Fsp3) is 0. The molecule has 1 aromatic rings. The average Bonchev–Trinajstić information content (AvgIpc) is 2.15. The SMILES string of the molecule is C=CC(=Cc1ccccc1)C(=O)O. The van der Waals surface area contributed by atoms with Crippen molar-refractivity contribution in [3.63, 3.8) is 0 Å². The second-order valence-electron chi connectivity index (χ2n) is 2.52. The van der Waals surface area contributed by atoms with Crippen LogP contribution in [0.4, 0.5) is 0 Å². The molecular formula is C11H10O2. The number of hydrogen-bond acceptors (Lipinski definition) is 1. The number of rotatable bonds is 3. The average molecular weight is 174 g/mol. The van der Waals surface area contributed by atoms with Gasteiger partial charge in [0.2, 0.25) is 0 Å². The van der Waals surface area contributed by atoms with Crippen molar-refractivity contribution in [2.45, 2.75) is 0 Å². The zero-order chi connectivity index (χ0) is 9.68. The minimum atomic E-state index is -0.959. The predicted molar refractivity (Wildman–Crippen MR) is 52.3 cm³/mol. The molecule has 0 aliphatic rings. The second-order valence-corrected chi connectivity index (χ2v) is 2.52. The van der Waals surface area contributed by atoms with Gasteiger partial charge in [-0.3, -0.25) is 0 Å². The van der Waals surface area contributed by atoms with E-state index in [1.54, 1.807) is 6.08 Å². The van der Waals surface area contributed by atoms with Crippen LogP contribution in [0.2, 0.25) is 0 Å². The van der Waals surface area contributed by atoms with Gasteiger partial charge in [0.25, 0.3) is 0 Å². The highest BCUT2D eigenvalue weighted by Crippen LogP contribution is 2.06. The van der Waals surface area contributed by atoms with Gasteiger partial charge >= 0.3 is 5.97 Å². The zero-order valence-corrected chi connectivity index (χ0v) is 7.10. The van der Waals surface area contributed by atoms with E-state index in [1.807, 2.05) is 30.3 Å². The molecule has 0 saturated heterocycles. The molecule has 13 heavy (non-hydrogen) atoms. The van der Waals surface area contributed by atoms with E-state index < -0.39 is 5.97 Å². The van der Waals surface area contributed by atoms with Crippen molar-refractivity contribution in [3.8, 4) is 0 Å². The van der Waals surface area contributed by atoms with E-state index in [4.69, 9.17) is 5.11 Å². The Bertz CT molecular complexity index is 336. The van der Waals surface area contributed by atoms with Crippen molar-refractivity contribution in [1.29, 1.82) is 0 Å². The van der Waals surface area contributed by atoms with Gasteiger partial charge in [-0.2, -0.15) is 0 Å². The Morgan fingerprint density at radius 1 is 1.31 bits per heavy atom. The number of carboxylic acid groups (broad SMARTS) is 1. The molecule has 2 heteroatoms. The molecule has 0 aliphatic heterocycles. The lowest BCUT2D eigenvalue weighted by atomic mass is 10.1. The van der Waals surface area contributed by atoms with Crippen LogP contribution in [0.25, 0.3) is 6.08 Å². The summed E-state index contributed by atoms with van der Waals surface area (Å²) in [4.78, 5) is 10.6. The molecule has 0 heterocycles. The van der Waals surface area contributed by atoms with Crippen LogP contribution in [0.5, 0.6) is 0 Å². The minimum absolute atomic E-state index is 0.200. The lowest BCUT2D eigenvalue weighted by Crippen LogP contribution is -1.96. The van der Waals surface area contributed by atoms with Crippen LogP contribution in [-0.4, -0.2) is 11.1 Å². The van der Waals surface area contributed by atoms with Gasteiger partial charge in [-0.25, -0.2) is 4.79 Å². The molecule has 0 fully saturated rings. The quantitative estimate of drug-likeness (QED) is 0.564. The Labute approximate surface area is 76.8 Å². The van der Waals surface area contributed by atoms with Gasteiger partial charge in [-0.05, 0) is 11.6 Å². The van der Waals surface area contributed by atoms with Crippen LogP contribution in [0.3, 0.4) is 0 Å². The highest BCUT2D eigenvalue weighted by molar-refractivity contribution is 5.95. The summed E-state index contributed by atoms with van der Waals surface area (Å²) in [6.07, 6.45) is 2.91. The predicted octanol–water partition coefficient (Wildman–Crippen LogP) is 2.34. The van der Waals surface area contributed by atoms with Gasteiger partial charge in [0.1, 0.15) is 0 Å². The summed E-state index contributed by atoms with van der Waals surface area (Å²) in [7, 11) is 0. The first kappa shape index (κ1) is 9.26. The van der Waals surface area contributed by atoms with Crippen molar-refractivity contribution < 1.29 is 9.90 Å². The van der Waals surface area contributed by atoms with Crippen LogP contribution < -0.4 is 0 Å². The summed E-state index contributed by atoms with van der Waals surface area (Å²) in [6, 6.07) is 9.27. The number of aliphatic carboxylic acids is 1. The smallest absolute Gasteiger partial charge is 0.335 e. The van der Waals surface area contributed by atoms with Crippen molar-refractivity contribution in [3.05, 3.63) is 54.1 Å². The standard InChI is InChI=1S/C11H10O2/c1-2-10(11(12)13)8-9-6-4-3-5-7-9/h2-8H,1H2,(H,12,13). The maximum absolute atomic E-state index is 10.6. The van der Waals surface area contributed by atoms with Crippen LogP contribution in [0.15, 0.2) is 48.6 Å². The third kappa shape index (κ3) is 2.60. The maximum atomic E-state index is 10.6. The lowest BCUT2D eigenvalue weighted by Gasteiger charge is -1.94. The van der Waals surface area contributed by atoms with Crippen LogP contribution in [0.1, 0.15) is 5.56 Å². The highest BCUT2D eigenvalue weighted by atomic mass is 16.4. The van der Waals surface area contributed by atoms with Gasteiger partial charge in [0, 0.05) is 0 Å². The van der Waals surface area contributed by atoms with Crippen LogP contribution in [-0.2, 0) is 4.79 Å². The summed E-state index contributed by atoms with van der Waals surface area (Å²) in [5.74, 6) is -0.959. The Balaban J connectivity index is 2.98. The van der Waals surface area contributed by atoms with Gasteiger partial charge in [0.15, 0.2) is 0 Å². The van der Waals surface area contributed by atoms with Gasteiger partial charge in [-0.15, -0.1) is 0 Å². The molecule has 0 unspecified atom stereocenters. The molecule has 0 saturated carbocycles. The van der Waals surface area contributed by atoms with E-state index in [0.29, 0.717) is 0 Å². The summed E-state index contributed by atoms with van der Waals surface area (Å²) < 4.78 is 0. The second kappa shape index (κ2) is 4.26. The Morgan fingerprint density at radius 3 is 2.38 bits per heavy atom. The van der Waals surface area contributed by atoms with E-state index in [2.05, 4.69) is 6.58 Å². The Morgan fingerprint density at radius 2 is 1.92 bits per heavy atom. The third-order valence-corrected chi connectivity index (χ3v) is 1.59. The van der Waals surface area contributed by atoms with Crippen molar-refractivity contribution in [2.75, 3.05) is 0 Å². The summed E-state index contributed by atoms with van der Waals surface area (Å²) >= 11 is 0. The number of hydrogen-bond donors (Lipinski definition) is 1. The Hall–Kier alpha value is -1.83. The van der Waals surface area contributed by atoms with E-state index in [1.165, 1.54) is 6.08 Å². The monoisotopic (exact) mass is 174 g/mol. The van der Waals surface area contributed by atoms with E-state index in [9.17, 15) is 4.79 Å². The van der Waals surface area contributed by atoms with E-state index in [-0.39, 0.29) is 5.57 Å². The van der Waals surface area contributed by atoms with Crippen LogP contribution in [0, 0.1) is 0 Å². The first-order chi connectivity index (χ1) is 6.24. The number of benzene rings is 1. The molecule has 1 aromatic carbocycles. The maximum Gasteiger partial charge on any atom is 0.335 e. The molecule has 0 amide bonds. The highest BCUT2D eigenvalue weighted by Gasteiger charge is 2.00. The fourth-order valence-electron chi connectivity index (χ4n) is 0.937. The van der Waals surface area contributed by atoms with Crippen molar-refractivity contribution in [1.82, 2.24) is 0 Å². The van der Waals surface area contributed by atoms with Gasteiger partial charge < -0.3 is 5.11 Å². The number of carbonyl (C=O) groups is 1. The van der Waals surface area contributed by atoms with Gasteiger partial charge in [-0.1, -0.05) is 43.0 Å². The summed E-state index contributed by atoms with van der Waals surface area (Å²) in [5.41, 5.74) is 1.06. The third-order valence-electron chi connectivity index (χ3n) is 1.59. The number of carboxylic acids is 1. The Kier molecular flexibility index (Phi) is 3.03. The molecule has 0 aliphatic carbocycles. The normalized spacial score (nSPS) is 10.9. The van der Waals surface area contributed by atoms with Crippen molar-refractivity contribution >= 4 is 12.0 Å². The molecule has 1 N–H and O–H groups in total. The minimum Gasteiger partial charge on any atom is -0.478 e. The molecule has 2 nitrogen and oxygen atoms in total. The zero-order valence-electron chi connectivity index (χ0n) is 7.10. The van der Waals surface area contributed by atoms with E-state index in [0.717, 1.165) is 5.56 Å². The van der Waals surface area contributed by atoms with Crippen LogP contribution >= 0.6 is 0 Å². The first-order valence-corrected chi connectivity index (χ1v) is 3.86. The molecular weight excluding hydrogens is 164 g/mol. The van der Waals surface area contributed by atoms with E-state index >= 15 is 0 Å². The fourth-order valence-corrected chi connectivity index (χ4v) is 0.937.